The van der Waals surface area contributed by atoms with E-state index in [0.29, 0.717) is 29.9 Å². The van der Waals surface area contributed by atoms with Crippen molar-refractivity contribution in [1.29, 1.82) is 0 Å². The summed E-state index contributed by atoms with van der Waals surface area (Å²) in [4.78, 5) is 33.3. The molecule has 4 rings (SSSR count). The predicted octanol–water partition coefficient (Wildman–Crippen LogP) is 4.02. The maximum atomic E-state index is 13.5. The molecule has 1 amide bonds. The summed E-state index contributed by atoms with van der Waals surface area (Å²) in [5, 5.41) is 11.3. The number of piperazine rings is 1. The van der Waals surface area contributed by atoms with Crippen molar-refractivity contribution in [3.8, 4) is 22.5 Å². The van der Waals surface area contributed by atoms with Crippen LogP contribution in [0.1, 0.15) is 15.9 Å². The van der Waals surface area contributed by atoms with E-state index in [1.165, 1.54) is 12.1 Å². The number of likely N-dealkylation sites (N-methyl/N-ethyl adjacent to an activating group) is 1. The molecule has 0 atom stereocenters. The quantitative estimate of drug-likeness (QED) is 0.474. The average Bonchev–Trinajstić information content (AvgIpc) is 2.79. The number of hydrogen-bond donors (Lipinski definition) is 0. The molecule has 2 heterocycles. The van der Waals surface area contributed by atoms with Gasteiger partial charge in [-0.3, -0.25) is 14.9 Å². The first-order valence-corrected chi connectivity index (χ1v) is 10.2. The normalized spacial score (nSPS) is 14.5. The van der Waals surface area contributed by atoms with E-state index in [2.05, 4.69) is 4.90 Å². The van der Waals surface area contributed by atoms with Gasteiger partial charge in [0.25, 0.3) is 11.6 Å². The van der Waals surface area contributed by atoms with Gasteiger partial charge in [0.05, 0.1) is 21.9 Å². The summed E-state index contributed by atoms with van der Waals surface area (Å²) in [5.74, 6) is -0.0841. The van der Waals surface area contributed by atoms with Gasteiger partial charge in [-0.25, -0.2) is 4.98 Å². The van der Waals surface area contributed by atoms with E-state index in [0.717, 1.165) is 29.9 Å². The molecule has 31 heavy (non-hydrogen) atoms. The van der Waals surface area contributed by atoms with Crippen LogP contribution in [0.3, 0.4) is 0 Å². The number of hydrogen-bond acceptors (Lipinski definition) is 5. The monoisotopic (exact) mass is 416 g/mol. The number of carbonyl (C=O) groups is 1. The van der Waals surface area contributed by atoms with Gasteiger partial charge >= 0.3 is 0 Å². The third kappa shape index (κ3) is 4.32. The molecule has 0 radical (unpaired) electrons. The first-order chi connectivity index (χ1) is 14.9. The fraction of sp³-hybridized carbons (Fsp3) is 0.250. The van der Waals surface area contributed by atoms with Gasteiger partial charge in [0.15, 0.2) is 0 Å². The molecule has 1 aliphatic heterocycles. The minimum atomic E-state index is -0.431. The molecule has 1 aliphatic rings. The number of aryl methyl sites for hydroxylation is 1. The van der Waals surface area contributed by atoms with Gasteiger partial charge in [-0.05, 0) is 25.6 Å². The number of benzene rings is 2. The number of amides is 1. The SMILES string of the molecule is Cc1cc(-c2ccccc2)nc(-c2cccc([N+](=O)[O-])c2)c1C(=O)N1CCN(C)CC1. The van der Waals surface area contributed by atoms with Crippen molar-refractivity contribution in [1.82, 2.24) is 14.8 Å². The van der Waals surface area contributed by atoms with Gasteiger partial charge in [-0.15, -0.1) is 0 Å². The molecular formula is C24H24N4O3. The van der Waals surface area contributed by atoms with Gasteiger partial charge in [-0.2, -0.15) is 0 Å². The number of nitro benzene ring substituents is 1. The molecule has 2 aromatic carbocycles. The Kier molecular flexibility index (Phi) is 5.77. The highest BCUT2D eigenvalue weighted by Gasteiger charge is 2.26. The zero-order valence-electron chi connectivity index (χ0n) is 17.6. The molecule has 1 saturated heterocycles. The maximum absolute atomic E-state index is 13.5. The minimum Gasteiger partial charge on any atom is -0.336 e. The molecule has 3 aromatic rings. The Bertz CT molecular complexity index is 1120. The van der Waals surface area contributed by atoms with E-state index in [-0.39, 0.29) is 11.6 Å². The van der Waals surface area contributed by atoms with Gasteiger partial charge in [0, 0.05) is 49.4 Å². The van der Waals surface area contributed by atoms with Crippen molar-refractivity contribution in [2.75, 3.05) is 33.2 Å². The summed E-state index contributed by atoms with van der Waals surface area (Å²) in [6.07, 6.45) is 0. The lowest BCUT2D eigenvalue weighted by Crippen LogP contribution is -2.47. The Morgan fingerprint density at radius 2 is 1.65 bits per heavy atom. The van der Waals surface area contributed by atoms with E-state index in [4.69, 9.17) is 4.98 Å². The zero-order valence-corrected chi connectivity index (χ0v) is 17.6. The van der Waals surface area contributed by atoms with Crippen LogP contribution >= 0.6 is 0 Å². The smallest absolute Gasteiger partial charge is 0.270 e. The lowest BCUT2D eigenvalue weighted by Gasteiger charge is -2.33. The molecule has 0 aliphatic carbocycles. The minimum absolute atomic E-state index is 0.0277. The second kappa shape index (κ2) is 8.65. The molecule has 1 fully saturated rings. The number of nitro groups is 1. The summed E-state index contributed by atoms with van der Waals surface area (Å²) in [6.45, 7) is 4.81. The molecule has 7 heteroatoms. The van der Waals surface area contributed by atoms with E-state index in [9.17, 15) is 14.9 Å². The summed E-state index contributed by atoms with van der Waals surface area (Å²) >= 11 is 0. The highest BCUT2D eigenvalue weighted by molar-refractivity contribution is 6.02. The largest absolute Gasteiger partial charge is 0.336 e. The Hall–Kier alpha value is -3.58. The summed E-state index contributed by atoms with van der Waals surface area (Å²) in [7, 11) is 2.04. The van der Waals surface area contributed by atoms with Gasteiger partial charge < -0.3 is 9.80 Å². The molecule has 0 unspecified atom stereocenters. The Balaban J connectivity index is 1.86. The average molecular weight is 416 g/mol. The second-order valence-corrected chi connectivity index (χ2v) is 7.82. The lowest BCUT2D eigenvalue weighted by atomic mass is 9.97. The van der Waals surface area contributed by atoms with Crippen molar-refractivity contribution in [3.63, 3.8) is 0 Å². The predicted molar refractivity (Wildman–Crippen MR) is 120 cm³/mol. The van der Waals surface area contributed by atoms with Crippen LogP contribution in [0.4, 0.5) is 5.69 Å². The van der Waals surface area contributed by atoms with Gasteiger partial charge in [-0.1, -0.05) is 42.5 Å². The van der Waals surface area contributed by atoms with Crippen LogP contribution in [0.2, 0.25) is 0 Å². The number of non-ortho nitro benzene ring substituents is 1. The van der Waals surface area contributed by atoms with Crippen molar-refractivity contribution in [2.24, 2.45) is 0 Å². The Labute approximate surface area is 181 Å². The standard InChI is InChI=1S/C24H24N4O3/c1-17-15-21(18-7-4-3-5-8-18)25-23(19-9-6-10-20(16-19)28(30)31)22(17)24(29)27-13-11-26(2)12-14-27/h3-10,15-16H,11-14H2,1-2H3. The fourth-order valence-corrected chi connectivity index (χ4v) is 3.84. The summed E-state index contributed by atoms with van der Waals surface area (Å²) < 4.78 is 0. The summed E-state index contributed by atoms with van der Waals surface area (Å²) in [5.41, 5.74) is 3.98. The molecule has 7 nitrogen and oxygen atoms in total. The van der Waals surface area contributed by atoms with Crippen molar-refractivity contribution < 1.29 is 9.72 Å². The fourth-order valence-electron chi connectivity index (χ4n) is 3.84. The van der Waals surface area contributed by atoms with Crippen LogP contribution < -0.4 is 0 Å². The van der Waals surface area contributed by atoms with E-state index in [1.54, 1.807) is 12.1 Å². The zero-order chi connectivity index (χ0) is 22.0. The van der Waals surface area contributed by atoms with Crippen LogP contribution in [-0.4, -0.2) is 58.8 Å². The third-order valence-corrected chi connectivity index (χ3v) is 5.62. The highest BCUT2D eigenvalue weighted by atomic mass is 16.6. The van der Waals surface area contributed by atoms with Crippen LogP contribution in [-0.2, 0) is 0 Å². The van der Waals surface area contributed by atoms with Crippen molar-refractivity contribution >= 4 is 11.6 Å². The number of nitrogens with zero attached hydrogens (tertiary/aromatic N) is 4. The first-order valence-electron chi connectivity index (χ1n) is 10.2. The molecular weight excluding hydrogens is 392 g/mol. The highest BCUT2D eigenvalue weighted by Crippen LogP contribution is 2.32. The van der Waals surface area contributed by atoms with Gasteiger partial charge in [0.1, 0.15) is 0 Å². The Morgan fingerprint density at radius 1 is 0.968 bits per heavy atom. The molecule has 0 N–H and O–H groups in total. The van der Waals surface area contributed by atoms with Crippen molar-refractivity contribution in [2.45, 2.75) is 6.92 Å². The van der Waals surface area contributed by atoms with E-state index >= 15 is 0 Å². The summed E-state index contributed by atoms with van der Waals surface area (Å²) in [6, 6.07) is 18.0. The maximum Gasteiger partial charge on any atom is 0.270 e. The van der Waals surface area contributed by atoms with Crippen LogP contribution in [0, 0.1) is 17.0 Å². The molecule has 158 valence electrons. The van der Waals surface area contributed by atoms with E-state index < -0.39 is 4.92 Å². The number of carbonyl (C=O) groups excluding carboxylic acids is 1. The topological polar surface area (TPSA) is 79.6 Å². The third-order valence-electron chi connectivity index (χ3n) is 5.62. The molecule has 0 bridgehead atoms. The van der Waals surface area contributed by atoms with E-state index in [1.807, 2.05) is 55.3 Å². The number of rotatable bonds is 4. The van der Waals surface area contributed by atoms with Crippen LogP contribution in [0.15, 0.2) is 60.7 Å². The van der Waals surface area contributed by atoms with Crippen LogP contribution in [0.25, 0.3) is 22.5 Å². The van der Waals surface area contributed by atoms with Crippen LogP contribution in [0.5, 0.6) is 0 Å². The first kappa shape index (κ1) is 20.7. The molecule has 0 spiro atoms. The molecule has 0 saturated carbocycles. The number of aromatic nitrogens is 1. The molecule has 1 aromatic heterocycles. The Morgan fingerprint density at radius 3 is 2.32 bits per heavy atom. The van der Waals surface area contributed by atoms with Crippen molar-refractivity contribution in [3.05, 3.63) is 81.9 Å². The lowest BCUT2D eigenvalue weighted by molar-refractivity contribution is -0.384. The second-order valence-electron chi connectivity index (χ2n) is 7.82. The van der Waals surface area contributed by atoms with Gasteiger partial charge in [0.2, 0.25) is 0 Å². The number of pyridine rings is 1.